The zero-order valence-electron chi connectivity index (χ0n) is 15.1. The lowest BCUT2D eigenvalue weighted by Gasteiger charge is -2.32. The molecular weight excluding hydrogens is 287 g/mol. The minimum absolute atomic E-state index is 0.301. The molecule has 1 aliphatic carbocycles. The van der Waals surface area contributed by atoms with Crippen LogP contribution in [-0.4, -0.2) is 24.4 Å². The van der Waals surface area contributed by atoms with Gasteiger partial charge in [0.05, 0.1) is 17.3 Å². The van der Waals surface area contributed by atoms with Crippen LogP contribution in [0, 0.1) is 5.92 Å². The van der Waals surface area contributed by atoms with Crippen molar-refractivity contribution in [3.8, 4) is 5.75 Å². The SMILES string of the molecule is CC1CCCC(Oc2ccc(B3OC(C)(C)C(C)(C)O3)cc2)C1. The Morgan fingerprint density at radius 2 is 1.61 bits per heavy atom. The van der Waals surface area contributed by atoms with Gasteiger partial charge in [-0.2, -0.15) is 0 Å². The van der Waals surface area contributed by atoms with Crippen LogP contribution in [0.3, 0.4) is 0 Å². The lowest BCUT2D eigenvalue weighted by Crippen LogP contribution is -2.41. The second-order valence-corrected chi connectivity index (χ2v) is 8.17. The Hall–Kier alpha value is -0.995. The Labute approximate surface area is 140 Å². The molecule has 3 rings (SSSR count). The number of ether oxygens (including phenoxy) is 1. The van der Waals surface area contributed by atoms with E-state index in [-0.39, 0.29) is 18.3 Å². The predicted molar refractivity (Wildman–Crippen MR) is 94.2 cm³/mol. The summed E-state index contributed by atoms with van der Waals surface area (Å²) in [5.41, 5.74) is 0.448. The van der Waals surface area contributed by atoms with Crippen molar-refractivity contribution in [2.75, 3.05) is 0 Å². The Balaban J connectivity index is 1.64. The summed E-state index contributed by atoms with van der Waals surface area (Å²) in [6, 6.07) is 8.20. The van der Waals surface area contributed by atoms with Crippen LogP contribution in [0.25, 0.3) is 0 Å². The highest BCUT2D eigenvalue weighted by molar-refractivity contribution is 6.62. The maximum Gasteiger partial charge on any atom is 0.494 e. The van der Waals surface area contributed by atoms with E-state index in [2.05, 4.69) is 46.8 Å². The highest BCUT2D eigenvalue weighted by Crippen LogP contribution is 2.36. The smallest absolute Gasteiger partial charge is 0.490 e. The first-order chi connectivity index (χ1) is 10.8. The zero-order valence-corrected chi connectivity index (χ0v) is 15.1. The molecule has 126 valence electrons. The summed E-state index contributed by atoms with van der Waals surface area (Å²) in [6.07, 6.45) is 5.31. The van der Waals surface area contributed by atoms with Crippen LogP contribution in [-0.2, 0) is 9.31 Å². The molecular formula is C19H29BO3. The van der Waals surface area contributed by atoms with Crippen LogP contribution >= 0.6 is 0 Å². The summed E-state index contributed by atoms with van der Waals surface area (Å²) in [4.78, 5) is 0. The first-order valence-corrected chi connectivity index (χ1v) is 8.89. The molecule has 0 amide bonds. The van der Waals surface area contributed by atoms with Crippen molar-refractivity contribution in [1.82, 2.24) is 0 Å². The Morgan fingerprint density at radius 3 is 2.17 bits per heavy atom. The van der Waals surface area contributed by atoms with Crippen LogP contribution in [0.1, 0.15) is 60.3 Å². The molecule has 2 atom stereocenters. The van der Waals surface area contributed by atoms with Gasteiger partial charge in [0.1, 0.15) is 5.75 Å². The third kappa shape index (κ3) is 3.58. The maximum atomic E-state index is 6.14. The summed E-state index contributed by atoms with van der Waals surface area (Å²) >= 11 is 0. The minimum Gasteiger partial charge on any atom is -0.490 e. The number of benzene rings is 1. The van der Waals surface area contributed by atoms with E-state index in [0.717, 1.165) is 17.1 Å². The first-order valence-electron chi connectivity index (χ1n) is 8.89. The molecule has 2 fully saturated rings. The molecule has 0 spiro atoms. The van der Waals surface area contributed by atoms with Crippen LogP contribution < -0.4 is 10.2 Å². The fourth-order valence-electron chi connectivity index (χ4n) is 3.36. The Kier molecular flexibility index (Phi) is 4.50. The van der Waals surface area contributed by atoms with E-state index in [1.165, 1.54) is 25.7 Å². The highest BCUT2D eigenvalue weighted by atomic mass is 16.7. The summed E-state index contributed by atoms with van der Waals surface area (Å²) < 4.78 is 18.3. The largest absolute Gasteiger partial charge is 0.494 e. The lowest BCUT2D eigenvalue weighted by atomic mass is 9.79. The van der Waals surface area contributed by atoms with Crippen molar-refractivity contribution in [3.05, 3.63) is 24.3 Å². The van der Waals surface area contributed by atoms with Crippen molar-refractivity contribution in [2.45, 2.75) is 77.6 Å². The molecule has 2 aliphatic rings. The number of rotatable bonds is 3. The van der Waals surface area contributed by atoms with E-state index >= 15 is 0 Å². The normalized spacial score (nSPS) is 29.5. The van der Waals surface area contributed by atoms with E-state index in [1.54, 1.807) is 0 Å². The van der Waals surface area contributed by atoms with E-state index < -0.39 is 0 Å². The minimum atomic E-state index is -0.302. The third-order valence-corrected chi connectivity index (χ3v) is 5.60. The summed E-state index contributed by atoms with van der Waals surface area (Å²) in [7, 11) is -0.302. The van der Waals surface area contributed by atoms with Gasteiger partial charge in [0.25, 0.3) is 0 Å². The number of hydrogen-bond donors (Lipinski definition) is 0. The molecule has 23 heavy (non-hydrogen) atoms. The van der Waals surface area contributed by atoms with Gasteiger partial charge in [-0.25, -0.2) is 0 Å². The van der Waals surface area contributed by atoms with Crippen LogP contribution in [0.2, 0.25) is 0 Å². The lowest BCUT2D eigenvalue weighted by molar-refractivity contribution is 0.00578. The molecule has 1 saturated carbocycles. The van der Waals surface area contributed by atoms with Gasteiger partial charge < -0.3 is 14.0 Å². The van der Waals surface area contributed by atoms with Crippen LogP contribution in [0.15, 0.2) is 24.3 Å². The molecule has 4 heteroatoms. The van der Waals surface area contributed by atoms with E-state index in [9.17, 15) is 0 Å². The average Bonchev–Trinajstić information content (AvgIpc) is 2.68. The third-order valence-electron chi connectivity index (χ3n) is 5.60. The van der Waals surface area contributed by atoms with Crippen molar-refractivity contribution < 1.29 is 14.0 Å². The Morgan fingerprint density at radius 1 is 1.00 bits per heavy atom. The van der Waals surface area contributed by atoms with E-state index in [1.807, 2.05) is 12.1 Å². The van der Waals surface area contributed by atoms with Gasteiger partial charge in [0.15, 0.2) is 0 Å². The van der Waals surface area contributed by atoms with Crippen molar-refractivity contribution >= 4 is 12.6 Å². The van der Waals surface area contributed by atoms with Gasteiger partial charge in [-0.15, -0.1) is 0 Å². The van der Waals surface area contributed by atoms with Gasteiger partial charge in [-0.1, -0.05) is 25.5 Å². The van der Waals surface area contributed by atoms with Gasteiger partial charge in [0, 0.05) is 0 Å². The van der Waals surface area contributed by atoms with Gasteiger partial charge >= 0.3 is 7.12 Å². The topological polar surface area (TPSA) is 27.7 Å². The highest BCUT2D eigenvalue weighted by Gasteiger charge is 2.51. The molecule has 3 nitrogen and oxygen atoms in total. The van der Waals surface area contributed by atoms with Crippen LogP contribution in [0.4, 0.5) is 0 Å². The number of hydrogen-bond acceptors (Lipinski definition) is 3. The molecule has 0 bridgehead atoms. The standard InChI is InChI=1S/C19H29BO3/c1-14-7-6-8-17(13-14)21-16-11-9-15(10-12-16)20-22-18(2,3)19(4,5)23-20/h9-12,14,17H,6-8,13H2,1-5H3. The fraction of sp³-hybridized carbons (Fsp3) is 0.684. The molecule has 2 unspecified atom stereocenters. The van der Waals surface area contributed by atoms with E-state index in [0.29, 0.717) is 6.10 Å². The first kappa shape index (κ1) is 16.8. The fourth-order valence-corrected chi connectivity index (χ4v) is 3.36. The molecule has 1 heterocycles. The predicted octanol–water partition coefficient (Wildman–Crippen LogP) is 3.94. The van der Waals surface area contributed by atoms with Crippen molar-refractivity contribution in [3.63, 3.8) is 0 Å². The van der Waals surface area contributed by atoms with Gasteiger partial charge in [-0.05, 0) is 70.5 Å². The monoisotopic (exact) mass is 316 g/mol. The zero-order chi connectivity index (χ0) is 16.7. The quantitative estimate of drug-likeness (QED) is 0.791. The van der Waals surface area contributed by atoms with Crippen LogP contribution in [0.5, 0.6) is 5.75 Å². The molecule has 1 aliphatic heterocycles. The molecule has 1 aromatic rings. The molecule has 1 aromatic carbocycles. The molecule has 0 radical (unpaired) electrons. The van der Waals surface area contributed by atoms with Crippen molar-refractivity contribution in [1.29, 1.82) is 0 Å². The molecule has 0 N–H and O–H groups in total. The van der Waals surface area contributed by atoms with Crippen molar-refractivity contribution in [2.24, 2.45) is 5.92 Å². The molecule has 0 aromatic heterocycles. The summed E-state index contributed by atoms with van der Waals surface area (Å²) in [6.45, 7) is 10.6. The maximum absolute atomic E-state index is 6.14. The summed E-state index contributed by atoms with van der Waals surface area (Å²) in [5.74, 6) is 1.72. The van der Waals surface area contributed by atoms with Gasteiger partial charge in [-0.3, -0.25) is 0 Å². The average molecular weight is 316 g/mol. The summed E-state index contributed by atoms with van der Waals surface area (Å²) in [5, 5.41) is 0. The van der Waals surface area contributed by atoms with Gasteiger partial charge in [0.2, 0.25) is 0 Å². The second-order valence-electron chi connectivity index (χ2n) is 8.17. The van der Waals surface area contributed by atoms with E-state index in [4.69, 9.17) is 14.0 Å². The molecule has 1 saturated heterocycles. The second kappa shape index (κ2) is 6.14. The Bertz CT molecular complexity index is 522.